The second-order valence-electron chi connectivity index (χ2n) is 6.55. The first-order valence-corrected chi connectivity index (χ1v) is 9.22. The Kier molecular flexibility index (Phi) is 5.04. The SMILES string of the molecule is CC(C)Oc1ccc(C(=O)Nc2nc3ccc(C(C)C)cc3s2)cc1. The van der Waals surface area contributed by atoms with Crippen LogP contribution < -0.4 is 10.1 Å². The quantitative estimate of drug-likeness (QED) is 0.662. The minimum atomic E-state index is -0.167. The van der Waals surface area contributed by atoms with E-state index < -0.39 is 0 Å². The maximum Gasteiger partial charge on any atom is 0.257 e. The molecular weight excluding hydrogens is 332 g/mol. The summed E-state index contributed by atoms with van der Waals surface area (Å²) in [6, 6.07) is 13.4. The number of benzene rings is 2. The van der Waals surface area contributed by atoms with Crippen molar-refractivity contribution < 1.29 is 9.53 Å². The Balaban J connectivity index is 1.75. The van der Waals surface area contributed by atoms with E-state index in [-0.39, 0.29) is 12.0 Å². The Labute approximate surface area is 151 Å². The molecule has 2 aromatic carbocycles. The van der Waals surface area contributed by atoms with Crippen molar-refractivity contribution in [2.24, 2.45) is 0 Å². The summed E-state index contributed by atoms with van der Waals surface area (Å²) in [6.45, 7) is 8.27. The van der Waals surface area contributed by atoms with Crippen molar-refractivity contribution >= 4 is 32.6 Å². The summed E-state index contributed by atoms with van der Waals surface area (Å²) in [7, 11) is 0. The lowest BCUT2D eigenvalue weighted by molar-refractivity contribution is 0.102. The maximum atomic E-state index is 12.4. The topological polar surface area (TPSA) is 51.2 Å². The van der Waals surface area contributed by atoms with Crippen molar-refractivity contribution in [3.63, 3.8) is 0 Å². The summed E-state index contributed by atoms with van der Waals surface area (Å²) < 4.78 is 6.68. The van der Waals surface area contributed by atoms with E-state index >= 15 is 0 Å². The van der Waals surface area contributed by atoms with Crippen molar-refractivity contribution in [1.82, 2.24) is 4.98 Å². The monoisotopic (exact) mass is 354 g/mol. The summed E-state index contributed by atoms with van der Waals surface area (Å²) in [6.07, 6.45) is 0.109. The number of carbonyl (C=O) groups is 1. The summed E-state index contributed by atoms with van der Waals surface area (Å²) in [5, 5.41) is 3.50. The normalized spacial score (nSPS) is 11.3. The van der Waals surface area contributed by atoms with Crippen molar-refractivity contribution in [2.75, 3.05) is 5.32 Å². The van der Waals surface area contributed by atoms with Crippen LogP contribution in [-0.2, 0) is 0 Å². The van der Waals surface area contributed by atoms with Crippen molar-refractivity contribution in [2.45, 2.75) is 39.7 Å². The van der Waals surface area contributed by atoms with Gasteiger partial charge in [-0.1, -0.05) is 31.3 Å². The van der Waals surface area contributed by atoms with E-state index in [0.29, 0.717) is 16.6 Å². The van der Waals surface area contributed by atoms with Gasteiger partial charge < -0.3 is 4.74 Å². The van der Waals surface area contributed by atoms with Crippen LogP contribution in [-0.4, -0.2) is 17.0 Å². The second-order valence-corrected chi connectivity index (χ2v) is 7.58. The molecule has 0 saturated heterocycles. The van der Waals surface area contributed by atoms with Gasteiger partial charge in [-0.3, -0.25) is 10.1 Å². The maximum absolute atomic E-state index is 12.4. The van der Waals surface area contributed by atoms with E-state index in [1.54, 1.807) is 12.1 Å². The van der Waals surface area contributed by atoms with Gasteiger partial charge >= 0.3 is 0 Å². The number of rotatable bonds is 5. The molecule has 3 aromatic rings. The number of thiazole rings is 1. The molecule has 0 aliphatic rings. The molecule has 0 unspecified atom stereocenters. The molecule has 0 aliphatic heterocycles. The zero-order valence-corrected chi connectivity index (χ0v) is 15.7. The van der Waals surface area contributed by atoms with Gasteiger partial charge in [0.05, 0.1) is 16.3 Å². The van der Waals surface area contributed by atoms with Crippen LogP contribution in [0.5, 0.6) is 5.75 Å². The molecule has 0 aliphatic carbocycles. The molecule has 0 atom stereocenters. The smallest absolute Gasteiger partial charge is 0.257 e. The summed E-state index contributed by atoms with van der Waals surface area (Å²) >= 11 is 1.50. The van der Waals surface area contributed by atoms with Gasteiger partial charge in [0.25, 0.3) is 5.91 Å². The van der Waals surface area contributed by atoms with Gasteiger partial charge in [-0.2, -0.15) is 0 Å². The van der Waals surface area contributed by atoms with Gasteiger partial charge in [-0.15, -0.1) is 0 Å². The number of ether oxygens (including phenoxy) is 1. The van der Waals surface area contributed by atoms with Crippen LogP contribution in [0.2, 0.25) is 0 Å². The predicted octanol–water partition coefficient (Wildman–Crippen LogP) is 5.46. The highest BCUT2D eigenvalue weighted by Gasteiger charge is 2.11. The highest BCUT2D eigenvalue weighted by atomic mass is 32.1. The summed E-state index contributed by atoms with van der Waals surface area (Å²) in [5.74, 6) is 1.06. The van der Waals surface area contributed by atoms with Gasteiger partial charge in [0.15, 0.2) is 5.13 Å². The molecule has 1 amide bonds. The average Bonchev–Trinajstić information content (AvgIpc) is 2.96. The van der Waals surface area contributed by atoms with E-state index in [4.69, 9.17) is 4.74 Å². The van der Waals surface area contributed by atoms with Crippen LogP contribution in [0.25, 0.3) is 10.2 Å². The van der Waals surface area contributed by atoms with Crippen LogP contribution in [0.4, 0.5) is 5.13 Å². The number of nitrogens with zero attached hydrogens (tertiary/aromatic N) is 1. The molecule has 5 heteroatoms. The van der Waals surface area contributed by atoms with Crippen LogP contribution >= 0.6 is 11.3 Å². The Morgan fingerprint density at radius 3 is 2.44 bits per heavy atom. The van der Waals surface area contributed by atoms with E-state index in [0.717, 1.165) is 16.0 Å². The van der Waals surface area contributed by atoms with Crippen LogP contribution in [0.1, 0.15) is 49.5 Å². The molecule has 0 saturated carbocycles. The number of carbonyl (C=O) groups excluding carboxylic acids is 1. The van der Waals surface area contributed by atoms with Crippen molar-refractivity contribution in [3.05, 3.63) is 53.6 Å². The minimum absolute atomic E-state index is 0.109. The Morgan fingerprint density at radius 1 is 1.08 bits per heavy atom. The zero-order valence-electron chi connectivity index (χ0n) is 14.9. The molecule has 0 spiro atoms. The fourth-order valence-electron chi connectivity index (χ4n) is 2.48. The molecule has 130 valence electrons. The molecule has 1 heterocycles. The Bertz CT molecular complexity index is 882. The molecule has 0 bridgehead atoms. The van der Waals surface area contributed by atoms with E-state index in [1.807, 2.05) is 32.0 Å². The molecule has 3 rings (SSSR count). The first-order valence-electron chi connectivity index (χ1n) is 8.41. The lowest BCUT2D eigenvalue weighted by Crippen LogP contribution is -2.11. The summed E-state index contributed by atoms with van der Waals surface area (Å²) in [5.41, 5.74) is 2.76. The zero-order chi connectivity index (χ0) is 18.0. The predicted molar refractivity (Wildman–Crippen MR) is 104 cm³/mol. The number of aromatic nitrogens is 1. The molecule has 0 radical (unpaired) electrons. The fraction of sp³-hybridized carbons (Fsp3) is 0.300. The summed E-state index contributed by atoms with van der Waals surface area (Å²) in [4.78, 5) is 16.9. The molecule has 4 nitrogen and oxygen atoms in total. The van der Waals surface area contributed by atoms with E-state index in [9.17, 15) is 4.79 Å². The highest BCUT2D eigenvalue weighted by molar-refractivity contribution is 7.22. The van der Waals surface area contributed by atoms with Gasteiger partial charge in [-0.25, -0.2) is 4.98 Å². The molecule has 0 fully saturated rings. The molecular formula is C20H22N2O2S. The third-order valence-electron chi connectivity index (χ3n) is 3.79. The van der Waals surface area contributed by atoms with Gasteiger partial charge in [-0.05, 0) is 61.7 Å². The number of anilines is 1. The number of hydrogen-bond acceptors (Lipinski definition) is 4. The Hall–Kier alpha value is -2.40. The second kappa shape index (κ2) is 7.23. The Morgan fingerprint density at radius 2 is 1.80 bits per heavy atom. The standard InChI is InChI=1S/C20H22N2O2S/c1-12(2)15-7-10-17-18(11-15)25-20(21-17)22-19(23)14-5-8-16(9-6-14)24-13(3)4/h5-13H,1-4H3,(H,21,22,23). The number of nitrogens with one attached hydrogen (secondary N) is 1. The van der Waals surface area contributed by atoms with Crippen molar-refractivity contribution in [1.29, 1.82) is 0 Å². The molecule has 1 N–H and O–H groups in total. The third-order valence-corrected chi connectivity index (χ3v) is 4.72. The van der Waals surface area contributed by atoms with Crippen molar-refractivity contribution in [3.8, 4) is 5.75 Å². The molecule has 25 heavy (non-hydrogen) atoms. The highest BCUT2D eigenvalue weighted by Crippen LogP contribution is 2.29. The van der Waals surface area contributed by atoms with Gasteiger partial charge in [0, 0.05) is 5.56 Å². The first-order chi connectivity index (χ1) is 11.9. The number of hydrogen-bond donors (Lipinski definition) is 1. The number of fused-ring (bicyclic) bond motifs is 1. The lowest BCUT2D eigenvalue weighted by Gasteiger charge is -2.09. The largest absolute Gasteiger partial charge is 0.491 e. The van der Waals surface area contributed by atoms with Gasteiger partial charge in [0.2, 0.25) is 0 Å². The van der Waals surface area contributed by atoms with E-state index in [1.165, 1.54) is 16.9 Å². The third kappa shape index (κ3) is 4.17. The average molecular weight is 354 g/mol. The van der Waals surface area contributed by atoms with Crippen LogP contribution in [0.3, 0.4) is 0 Å². The fourth-order valence-corrected chi connectivity index (χ4v) is 3.39. The van der Waals surface area contributed by atoms with Crippen LogP contribution in [0, 0.1) is 0 Å². The van der Waals surface area contributed by atoms with Crippen LogP contribution in [0.15, 0.2) is 42.5 Å². The number of amides is 1. The first kappa shape index (κ1) is 17.4. The van der Waals surface area contributed by atoms with E-state index in [2.05, 4.69) is 36.3 Å². The minimum Gasteiger partial charge on any atom is -0.491 e. The molecule has 1 aromatic heterocycles. The lowest BCUT2D eigenvalue weighted by atomic mass is 10.0. The van der Waals surface area contributed by atoms with Gasteiger partial charge in [0.1, 0.15) is 5.75 Å².